The number of halogens is 2. The summed E-state index contributed by atoms with van der Waals surface area (Å²) in [6, 6.07) is 7.42. The Kier molecular flexibility index (Phi) is 12.9. The number of aromatic nitrogens is 3. The van der Waals surface area contributed by atoms with E-state index in [-0.39, 0.29) is 36.2 Å². The number of carbonyl (C=O) groups is 3. The predicted octanol–water partition coefficient (Wildman–Crippen LogP) is 3.11. The topological polar surface area (TPSA) is 179 Å². The van der Waals surface area contributed by atoms with E-state index in [9.17, 15) is 18.4 Å². The monoisotopic (exact) mass is 624 g/mol. The molecule has 0 aliphatic carbocycles. The van der Waals surface area contributed by atoms with Gasteiger partial charge in [-0.05, 0) is 68.6 Å². The molecule has 1 atom stereocenters. The summed E-state index contributed by atoms with van der Waals surface area (Å²) in [5.41, 5.74) is 14.0. The van der Waals surface area contributed by atoms with Crippen molar-refractivity contribution < 1.29 is 27.9 Å². The SMILES string of the molecule is CC=O.CCc1cc(Nc2nccn3c(-c4ccc(OC)c(F)c4F)cnc23)ccc1C(=O)NCCNC(=O)[C@@H](N)CCCN. The van der Waals surface area contributed by atoms with Crippen LogP contribution in [0.4, 0.5) is 20.3 Å². The van der Waals surface area contributed by atoms with Crippen LogP contribution >= 0.6 is 0 Å². The molecule has 4 aromatic rings. The molecular formula is C31H38F2N8O4. The number of aldehydes is 1. The number of nitrogens with two attached hydrogens (primary N) is 2. The molecule has 2 aromatic carbocycles. The molecule has 0 saturated heterocycles. The first kappa shape index (κ1) is 34.5. The van der Waals surface area contributed by atoms with Crippen LogP contribution in [0.15, 0.2) is 48.9 Å². The van der Waals surface area contributed by atoms with Gasteiger partial charge in [-0.25, -0.2) is 14.4 Å². The van der Waals surface area contributed by atoms with Crippen molar-refractivity contribution in [2.75, 3.05) is 32.1 Å². The third kappa shape index (κ3) is 8.58. The molecule has 2 amide bonds. The highest BCUT2D eigenvalue weighted by atomic mass is 19.2. The molecule has 0 aliphatic heterocycles. The van der Waals surface area contributed by atoms with Crippen LogP contribution in [0.5, 0.6) is 5.75 Å². The summed E-state index contributed by atoms with van der Waals surface area (Å²) in [5.74, 6) is -2.48. The van der Waals surface area contributed by atoms with Gasteiger partial charge in [-0.3, -0.25) is 14.0 Å². The number of benzene rings is 2. The average molecular weight is 625 g/mol. The number of aryl methyl sites for hydroxylation is 1. The first-order valence-electron chi connectivity index (χ1n) is 14.4. The lowest BCUT2D eigenvalue weighted by Crippen LogP contribution is -2.43. The van der Waals surface area contributed by atoms with Gasteiger partial charge in [0.1, 0.15) is 6.29 Å². The van der Waals surface area contributed by atoms with Crippen LogP contribution in [0.2, 0.25) is 0 Å². The first-order valence-corrected chi connectivity index (χ1v) is 14.4. The minimum Gasteiger partial charge on any atom is -0.494 e. The fourth-order valence-electron chi connectivity index (χ4n) is 4.47. The molecule has 0 radical (unpaired) electrons. The maximum absolute atomic E-state index is 14.8. The maximum atomic E-state index is 14.8. The third-order valence-corrected chi connectivity index (χ3v) is 6.73. The predicted molar refractivity (Wildman–Crippen MR) is 167 cm³/mol. The Morgan fingerprint density at radius 2 is 1.84 bits per heavy atom. The molecule has 7 N–H and O–H groups in total. The van der Waals surface area contributed by atoms with Crippen molar-refractivity contribution in [1.29, 1.82) is 0 Å². The van der Waals surface area contributed by atoms with E-state index in [2.05, 4.69) is 25.9 Å². The van der Waals surface area contributed by atoms with E-state index in [1.165, 1.54) is 38.6 Å². The van der Waals surface area contributed by atoms with Gasteiger partial charge in [-0.15, -0.1) is 0 Å². The summed E-state index contributed by atoms with van der Waals surface area (Å²) in [4.78, 5) is 42.4. The Balaban J connectivity index is 0.00000177. The lowest BCUT2D eigenvalue weighted by atomic mass is 10.0. The Morgan fingerprint density at radius 1 is 1.11 bits per heavy atom. The number of amides is 2. The lowest BCUT2D eigenvalue weighted by Gasteiger charge is -2.14. The largest absolute Gasteiger partial charge is 0.494 e. The Bertz CT molecular complexity index is 1630. The summed E-state index contributed by atoms with van der Waals surface area (Å²) < 4.78 is 35.6. The summed E-state index contributed by atoms with van der Waals surface area (Å²) in [7, 11) is 1.27. The van der Waals surface area contributed by atoms with Crippen LogP contribution in [0.1, 0.15) is 42.6 Å². The molecule has 0 saturated carbocycles. The number of hydrogen-bond donors (Lipinski definition) is 5. The van der Waals surface area contributed by atoms with Crippen LogP contribution < -0.4 is 32.2 Å². The fraction of sp³-hybridized carbons (Fsp3) is 0.323. The number of fused-ring (bicyclic) bond motifs is 1. The van der Waals surface area contributed by atoms with Gasteiger partial charge in [0.05, 0.1) is 25.0 Å². The molecule has 12 nitrogen and oxygen atoms in total. The number of imidazole rings is 1. The molecule has 0 spiro atoms. The first-order chi connectivity index (χ1) is 21.7. The minimum absolute atomic E-state index is 0.0237. The van der Waals surface area contributed by atoms with Crippen LogP contribution in [0.25, 0.3) is 16.9 Å². The van der Waals surface area contributed by atoms with E-state index in [4.69, 9.17) is 21.0 Å². The van der Waals surface area contributed by atoms with Crippen molar-refractivity contribution in [2.45, 2.75) is 39.2 Å². The van der Waals surface area contributed by atoms with E-state index in [1.807, 2.05) is 13.0 Å². The summed E-state index contributed by atoms with van der Waals surface area (Å²) >= 11 is 0. The molecule has 0 fully saturated rings. The Labute approximate surface area is 259 Å². The van der Waals surface area contributed by atoms with Crippen LogP contribution in [0.3, 0.4) is 0 Å². The minimum atomic E-state index is -1.08. The van der Waals surface area contributed by atoms with E-state index in [0.29, 0.717) is 54.2 Å². The van der Waals surface area contributed by atoms with Gasteiger partial charge in [0.2, 0.25) is 11.7 Å². The highest BCUT2D eigenvalue weighted by Gasteiger charge is 2.20. The summed E-state index contributed by atoms with van der Waals surface area (Å²) in [6.07, 6.45) is 7.06. The Morgan fingerprint density at radius 3 is 2.53 bits per heavy atom. The number of ether oxygens (including phenoxy) is 1. The Hall–Kier alpha value is -4.95. The van der Waals surface area contributed by atoms with Crippen molar-refractivity contribution in [3.63, 3.8) is 0 Å². The maximum Gasteiger partial charge on any atom is 0.251 e. The number of nitrogens with zero attached hydrogens (tertiary/aromatic N) is 3. The molecule has 240 valence electrons. The van der Waals surface area contributed by atoms with E-state index in [0.717, 1.165) is 11.8 Å². The van der Waals surface area contributed by atoms with Crippen molar-refractivity contribution >= 4 is 35.3 Å². The number of hydrogen-bond acceptors (Lipinski definition) is 9. The van der Waals surface area contributed by atoms with Gasteiger partial charge in [-0.1, -0.05) is 6.92 Å². The summed E-state index contributed by atoms with van der Waals surface area (Å²) in [5, 5.41) is 8.73. The van der Waals surface area contributed by atoms with Gasteiger partial charge in [-0.2, -0.15) is 4.39 Å². The fourth-order valence-corrected chi connectivity index (χ4v) is 4.47. The molecule has 0 unspecified atom stereocenters. The van der Waals surface area contributed by atoms with E-state index < -0.39 is 17.7 Å². The molecule has 4 rings (SSSR count). The normalized spacial score (nSPS) is 11.3. The summed E-state index contributed by atoms with van der Waals surface area (Å²) in [6.45, 7) is 4.33. The van der Waals surface area contributed by atoms with Gasteiger partial charge >= 0.3 is 0 Å². The van der Waals surface area contributed by atoms with Crippen molar-refractivity contribution in [3.8, 4) is 17.0 Å². The quantitative estimate of drug-likeness (QED) is 0.110. The smallest absolute Gasteiger partial charge is 0.251 e. The number of carbonyl (C=O) groups excluding carboxylic acids is 3. The van der Waals surface area contributed by atoms with Gasteiger partial charge < -0.3 is 36.9 Å². The molecule has 14 heteroatoms. The molecule has 2 aromatic heterocycles. The lowest BCUT2D eigenvalue weighted by molar-refractivity contribution is -0.122. The second-order valence-corrected chi connectivity index (χ2v) is 9.73. The number of anilines is 2. The van der Waals surface area contributed by atoms with Gasteiger partial charge in [0, 0.05) is 42.3 Å². The second kappa shape index (κ2) is 16.8. The van der Waals surface area contributed by atoms with Crippen molar-refractivity contribution in [3.05, 3.63) is 71.7 Å². The second-order valence-electron chi connectivity index (χ2n) is 9.73. The van der Waals surface area contributed by atoms with Gasteiger partial charge in [0.25, 0.3) is 5.91 Å². The highest BCUT2D eigenvalue weighted by Crippen LogP contribution is 2.31. The molecular weight excluding hydrogens is 586 g/mol. The van der Waals surface area contributed by atoms with Gasteiger partial charge in [0.15, 0.2) is 23.0 Å². The van der Waals surface area contributed by atoms with Crippen molar-refractivity contribution in [1.82, 2.24) is 25.0 Å². The number of nitrogens with one attached hydrogen (secondary N) is 3. The van der Waals surface area contributed by atoms with E-state index in [1.54, 1.807) is 22.7 Å². The van der Waals surface area contributed by atoms with Crippen LogP contribution in [-0.2, 0) is 16.0 Å². The zero-order valence-corrected chi connectivity index (χ0v) is 25.4. The molecule has 0 bridgehead atoms. The average Bonchev–Trinajstić information content (AvgIpc) is 3.48. The molecule has 2 heterocycles. The van der Waals surface area contributed by atoms with Crippen LogP contribution in [0, 0.1) is 11.6 Å². The molecule has 45 heavy (non-hydrogen) atoms. The molecule has 0 aliphatic rings. The number of methoxy groups -OCH3 is 1. The van der Waals surface area contributed by atoms with Crippen LogP contribution in [-0.4, -0.2) is 65.3 Å². The standard InChI is InChI=1S/C29H34F2N8O3.C2H4O/c1-3-17-15-18(6-7-19(17)28(40)35-11-12-36-29(41)21(33)5-4-10-32)38-26-27-37-16-22(39(27)14-13-34-26)20-8-9-23(42-2)25(31)24(20)30;1-2-3/h6-9,13-16,21H,3-5,10-12,32-33H2,1-2H3,(H,34,38)(H,35,40)(H,36,41);2H,1H3/t21-;/m0./s1. The third-order valence-electron chi connectivity index (χ3n) is 6.73. The zero-order chi connectivity index (χ0) is 32.9. The highest BCUT2D eigenvalue weighted by molar-refractivity contribution is 5.96. The van der Waals surface area contributed by atoms with Crippen molar-refractivity contribution in [2.24, 2.45) is 11.5 Å². The van der Waals surface area contributed by atoms with E-state index >= 15 is 0 Å². The number of rotatable bonds is 13. The zero-order valence-electron chi connectivity index (χ0n) is 25.4.